The van der Waals surface area contributed by atoms with E-state index in [1.807, 2.05) is 25.1 Å². The third-order valence-electron chi connectivity index (χ3n) is 4.12. The Morgan fingerprint density at radius 3 is 2.88 bits per heavy atom. The van der Waals surface area contributed by atoms with Crippen LogP contribution in [0.4, 0.5) is 5.82 Å². The maximum atomic E-state index is 11.8. The van der Waals surface area contributed by atoms with Gasteiger partial charge in [0, 0.05) is 11.0 Å². The average molecular weight is 342 g/mol. The molecule has 3 rings (SSSR count). The molecule has 1 amide bonds. The van der Waals surface area contributed by atoms with Crippen molar-refractivity contribution in [1.29, 1.82) is 0 Å². The molecule has 2 heterocycles. The summed E-state index contributed by atoms with van der Waals surface area (Å²) in [5, 5.41) is 2.63. The Morgan fingerprint density at radius 2 is 2.20 bits per heavy atom. The topological polar surface area (TPSA) is 99.4 Å². The van der Waals surface area contributed by atoms with Gasteiger partial charge in [0.15, 0.2) is 5.82 Å². The van der Waals surface area contributed by atoms with Crippen molar-refractivity contribution in [2.75, 3.05) is 11.9 Å². The second-order valence-electron chi connectivity index (χ2n) is 6.65. The van der Waals surface area contributed by atoms with E-state index < -0.39 is 6.04 Å². The van der Waals surface area contributed by atoms with Crippen LogP contribution in [-0.4, -0.2) is 28.5 Å². The number of nitrogens with one attached hydrogen (secondary N) is 1. The van der Waals surface area contributed by atoms with Gasteiger partial charge in [-0.25, -0.2) is 9.97 Å². The van der Waals surface area contributed by atoms with Gasteiger partial charge >= 0.3 is 0 Å². The van der Waals surface area contributed by atoms with Gasteiger partial charge in [0.25, 0.3) is 0 Å². The van der Waals surface area contributed by atoms with Gasteiger partial charge in [0.05, 0.1) is 25.0 Å². The minimum Gasteiger partial charge on any atom is -0.492 e. The summed E-state index contributed by atoms with van der Waals surface area (Å²) in [7, 11) is 0. The second-order valence-corrected chi connectivity index (χ2v) is 6.65. The molecule has 1 aromatic carbocycles. The molecule has 1 aromatic heterocycles. The highest BCUT2D eigenvalue weighted by atomic mass is 16.5. The van der Waals surface area contributed by atoms with E-state index in [2.05, 4.69) is 29.1 Å². The standard InChI is InChI=1S/C18H22N4O3/c1-4-11(19)17(23)22-14-8-21-15(9-20-14)25-13-7-5-6-12-16(13)18(2,3)10-24-12/h5-9,11H,4,10,19H2,1-3H3,(H,20,22,23)/t11-/m1/s1. The summed E-state index contributed by atoms with van der Waals surface area (Å²) >= 11 is 0. The second kappa shape index (κ2) is 6.68. The molecule has 0 radical (unpaired) electrons. The van der Waals surface area contributed by atoms with Gasteiger partial charge in [-0.2, -0.15) is 0 Å². The Bertz CT molecular complexity index is 774. The van der Waals surface area contributed by atoms with Crippen molar-refractivity contribution in [1.82, 2.24) is 9.97 Å². The number of nitrogens with zero attached hydrogens (tertiary/aromatic N) is 2. The molecule has 0 fully saturated rings. The highest BCUT2D eigenvalue weighted by Gasteiger charge is 2.35. The average Bonchev–Trinajstić information content (AvgIpc) is 2.92. The Kier molecular flexibility index (Phi) is 4.59. The van der Waals surface area contributed by atoms with Crippen molar-refractivity contribution in [3.63, 3.8) is 0 Å². The first kappa shape index (κ1) is 17.2. The van der Waals surface area contributed by atoms with E-state index in [0.717, 1.165) is 11.3 Å². The lowest BCUT2D eigenvalue weighted by molar-refractivity contribution is -0.117. The molecule has 1 aliphatic rings. The number of anilines is 1. The molecule has 132 valence electrons. The van der Waals surface area contributed by atoms with E-state index in [1.165, 1.54) is 12.4 Å². The largest absolute Gasteiger partial charge is 0.492 e. The first-order chi connectivity index (χ1) is 11.9. The highest BCUT2D eigenvalue weighted by molar-refractivity contribution is 5.93. The van der Waals surface area contributed by atoms with Crippen molar-refractivity contribution in [3.05, 3.63) is 36.2 Å². The molecule has 1 aliphatic heterocycles. The third-order valence-corrected chi connectivity index (χ3v) is 4.12. The van der Waals surface area contributed by atoms with Crippen molar-refractivity contribution >= 4 is 11.7 Å². The number of aromatic nitrogens is 2. The van der Waals surface area contributed by atoms with Crippen LogP contribution in [-0.2, 0) is 10.2 Å². The normalized spacial score (nSPS) is 15.8. The Labute approximate surface area is 146 Å². The van der Waals surface area contributed by atoms with Crippen LogP contribution < -0.4 is 20.5 Å². The number of carbonyl (C=O) groups is 1. The monoisotopic (exact) mass is 342 g/mol. The number of amides is 1. The zero-order chi connectivity index (χ0) is 18.0. The highest BCUT2D eigenvalue weighted by Crippen LogP contribution is 2.45. The summed E-state index contributed by atoms with van der Waals surface area (Å²) in [5.41, 5.74) is 6.56. The van der Waals surface area contributed by atoms with E-state index in [1.54, 1.807) is 0 Å². The Balaban J connectivity index is 1.75. The summed E-state index contributed by atoms with van der Waals surface area (Å²) in [6.07, 6.45) is 3.47. The zero-order valence-corrected chi connectivity index (χ0v) is 14.6. The van der Waals surface area contributed by atoms with Crippen LogP contribution in [0.25, 0.3) is 0 Å². The summed E-state index contributed by atoms with van der Waals surface area (Å²) in [6, 6.07) is 5.13. The molecule has 25 heavy (non-hydrogen) atoms. The van der Waals surface area contributed by atoms with Gasteiger partial charge in [-0.3, -0.25) is 4.79 Å². The predicted octanol–water partition coefficient (Wildman–Crippen LogP) is 2.61. The lowest BCUT2D eigenvalue weighted by atomic mass is 9.86. The molecule has 0 saturated heterocycles. The van der Waals surface area contributed by atoms with Crippen molar-refractivity contribution in [2.45, 2.75) is 38.6 Å². The van der Waals surface area contributed by atoms with Gasteiger partial charge in [0.2, 0.25) is 11.8 Å². The number of nitrogens with two attached hydrogens (primary N) is 1. The SMILES string of the molecule is CC[C@@H](N)C(=O)Nc1cnc(Oc2cccc3c2C(C)(C)CO3)cn1. The molecular weight excluding hydrogens is 320 g/mol. The van der Waals surface area contributed by atoms with E-state index in [-0.39, 0.29) is 11.3 Å². The molecule has 0 bridgehead atoms. The van der Waals surface area contributed by atoms with E-state index in [9.17, 15) is 4.79 Å². The van der Waals surface area contributed by atoms with Gasteiger partial charge in [-0.15, -0.1) is 0 Å². The van der Waals surface area contributed by atoms with Crippen LogP contribution in [0, 0.1) is 0 Å². The van der Waals surface area contributed by atoms with Crippen molar-refractivity contribution in [2.24, 2.45) is 5.73 Å². The molecule has 0 saturated carbocycles. The molecule has 2 aromatic rings. The summed E-state index contributed by atoms with van der Waals surface area (Å²) in [6.45, 7) is 6.66. The molecule has 0 unspecified atom stereocenters. The fourth-order valence-electron chi connectivity index (χ4n) is 2.66. The zero-order valence-electron chi connectivity index (χ0n) is 14.6. The molecular formula is C18H22N4O3. The van der Waals surface area contributed by atoms with Gasteiger partial charge in [-0.05, 0) is 18.6 Å². The summed E-state index contributed by atoms with van der Waals surface area (Å²) in [4.78, 5) is 20.1. The number of ether oxygens (including phenoxy) is 2. The first-order valence-electron chi connectivity index (χ1n) is 8.23. The van der Waals surface area contributed by atoms with Crippen LogP contribution in [0.15, 0.2) is 30.6 Å². The van der Waals surface area contributed by atoms with Crippen LogP contribution in [0.5, 0.6) is 17.4 Å². The van der Waals surface area contributed by atoms with E-state index in [4.69, 9.17) is 15.2 Å². The lowest BCUT2D eigenvalue weighted by Crippen LogP contribution is -2.35. The van der Waals surface area contributed by atoms with Crippen molar-refractivity contribution in [3.8, 4) is 17.4 Å². The number of benzene rings is 1. The number of carbonyl (C=O) groups excluding carboxylic acids is 1. The molecule has 1 atom stereocenters. The smallest absolute Gasteiger partial charge is 0.242 e. The minimum atomic E-state index is -0.563. The van der Waals surface area contributed by atoms with Crippen molar-refractivity contribution < 1.29 is 14.3 Å². The maximum absolute atomic E-state index is 11.8. The first-order valence-corrected chi connectivity index (χ1v) is 8.23. The minimum absolute atomic E-state index is 0.135. The fourth-order valence-corrected chi connectivity index (χ4v) is 2.66. The number of fused-ring (bicyclic) bond motifs is 1. The van der Waals surface area contributed by atoms with Crippen LogP contribution in [0.2, 0.25) is 0 Å². The summed E-state index contributed by atoms with van der Waals surface area (Å²) in [5.74, 6) is 1.91. The van der Waals surface area contributed by atoms with Crippen LogP contribution in [0.1, 0.15) is 32.8 Å². The molecule has 7 nitrogen and oxygen atoms in total. The van der Waals surface area contributed by atoms with Crippen LogP contribution in [0.3, 0.4) is 0 Å². The number of hydrogen-bond acceptors (Lipinski definition) is 6. The number of rotatable bonds is 5. The van der Waals surface area contributed by atoms with Gasteiger partial charge < -0.3 is 20.5 Å². The molecule has 3 N–H and O–H groups in total. The predicted molar refractivity (Wildman–Crippen MR) is 94.0 cm³/mol. The quantitative estimate of drug-likeness (QED) is 0.866. The van der Waals surface area contributed by atoms with Crippen LogP contribution >= 0.6 is 0 Å². The van der Waals surface area contributed by atoms with E-state index >= 15 is 0 Å². The van der Waals surface area contributed by atoms with Gasteiger partial charge in [0.1, 0.15) is 11.5 Å². The Hall–Kier alpha value is -2.67. The number of hydrogen-bond donors (Lipinski definition) is 2. The lowest BCUT2D eigenvalue weighted by Gasteiger charge is -2.18. The Morgan fingerprint density at radius 1 is 1.40 bits per heavy atom. The third kappa shape index (κ3) is 3.56. The fraction of sp³-hybridized carbons (Fsp3) is 0.389. The maximum Gasteiger partial charge on any atom is 0.242 e. The van der Waals surface area contributed by atoms with E-state index in [0.29, 0.717) is 30.5 Å². The summed E-state index contributed by atoms with van der Waals surface area (Å²) < 4.78 is 11.6. The molecule has 0 spiro atoms. The van der Waals surface area contributed by atoms with Gasteiger partial charge in [-0.1, -0.05) is 26.8 Å². The molecule has 7 heteroatoms. The molecule has 0 aliphatic carbocycles.